The number of amides is 2. The van der Waals surface area contributed by atoms with E-state index in [1.807, 2.05) is 35.2 Å². The molecule has 1 atom stereocenters. The summed E-state index contributed by atoms with van der Waals surface area (Å²) in [5.41, 5.74) is 2.57. The van der Waals surface area contributed by atoms with Crippen LogP contribution in [-0.4, -0.2) is 50.2 Å². The normalized spacial score (nSPS) is 17.2. The molecular weight excluding hydrogens is 563 g/mol. The number of hydrogen-bond acceptors (Lipinski definition) is 5. The van der Waals surface area contributed by atoms with E-state index in [-0.39, 0.29) is 18.0 Å². The Morgan fingerprint density at radius 3 is 2.68 bits per heavy atom. The van der Waals surface area contributed by atoms with Crippen molar-refractivity contribution >= 4 is 64.4 Å². The zero-order chi connectivity index (χ0) is 24.1. The molecule has 2 heterocycles. The van der Waals surface area contributed by atoms with Crippen LogP contribution in [0.25, 0.3) is 10.9 Å². The van der Waals surface area contributed by atoms with Gasteiger partial charge in [-0.05, 0) is 54.4 Å². The SMILES string of the molecule is CC(C)C1CN(C(Nc2cccc3ncccc23)=IC#N)CCN1C(=O)Nc1ccc(Cl)cc1. The van der Waals surface area contributed by atoms with E-state index in [4.69, 9.17) is 11.6 Å². The molecule has 34 heavy (non-hydrogen) atoms. The van der Waals surface area contributed by atoms with E-state index in [9.17, 15) is 10.1 Å². The van der Waals surface area contributed by atoms with Crippen molar-refractivity contribution in [1.29, 1.82) is 5.26 Å². The highest BCUT2D eigenvalue weighted by Crippen LogP contribution is 2.25. The van der Waals surface area contributed by atoms with Crippen LogP contribution in [0.2, 0.25) is 5.02 Å². The van der Waals surface area contributed by atoms with Crippen LogP contribution < -0.4 is 10.6 Å². The predicted molar refractivity (Wildman–Crippen MR) is 147 cm³/mol. The van der Waals surface area contributed by atoms with Crippen LogP contribution in [0.5, 0.6) is 0 Å². The molecule has 1 aliphatic rings. The Kier molecular flexibility index (Phi) is 7.98. The molecule has 176 valence electrons. The average molecular weight is 589 g/mol. The van der Waals surface area contributed by atoms with Crippen molar-refractivity contribution in [3.8, 4) is 4.08 Å². The first-order valence-corrected chi connectivity index (χ1v) is 13.6. The molecule has 1 saturated heterocycles. The summed E-state index contributed by atoms with van der Waals surface area (Å²) >= 11 is 5.09. The number of nitrogens with zero attached hydrogens (tertiary/aromatic N) is 4. The number of aromatic nitrogens is 1. The highest BCUT2D eigenvalue weighted by Gasteiger charge is 2.34. The lowest BCUT2D eigenvalue weighted by Gasteiger charge is -2.43. The quantitative estimate of drug-likeness (QED) is 0.373. The first-order chi connectivity index (χ1) is 16.5. The lowest BCUT2D eigenvalue weighted by atomic mass is 10.00. The largest absolute Gasteiger partial charge is 0.340 e. The van der Waals surface area contributed by atoms with Gasteiger partial charge in [-0.1, -0.05) is 31.5 Å². The smallest absolute Gasteiger partial charge is 0.322 e. The lowest BCUT2D eigenvalue weighted by Crippen LogP contribution is -2.59. The van der Waals surface area contributed by atoms with Gasteiger partial charge in [-0.25, -0.2) is 4.79 Å². The maximum Gasteiger partial charge on any atom is 0.322 e. The zero-order valence-corrected chi connectivity index (χ0v) is 21.9. The molecule has 0 spiro atoms. The van der Waals surface area contributed by atoms with Gasteiger partial charge in [0, 0.05) is 74.4 Å². The van der Waals surface area contributed by atoms with E-state index in [0.29, 0.717) is 30.3 Å². The second-order valence-electron chi connectivity index (χ2n) is 8.36. The fourth-order valence-corrected chi connectivity index (χ4v) is 5.62. The minimum absolute atomic E-state index is 0.00901. The minimum Gasteiger partial charge on any atom is -0.340 e. The Hall–Kier alpha value is -2.74. The number of fused-ring (bicyclic) bond motifs is 1. The Labute approximate surface area is 214 Å². The molecule has 9 heteroatoms. The lowest BCUT2D eigenvalue weighted by molar-refractivity contribution is 0.112. The predicted octanol–water partition coefficient (Wildman–Crippen LogP) is 5.71. The molecule has 0 aliphatic carbocycles. The molecule has 1 unspecified atom stereocenters. The third-order valence-corrected chi connectivity index (χ3v) is 7.79. The van der Waals surface area contributed by atoms with Gasteiger partial charge < -0.3 is 15.5 Å². The third kappa shape index (κ3) is 5.66. The van der Waals surface area contributed by atoms with E-state index in [1.165, 1.54) is 0 Å². The van der Waals surface area contributed by atoms with Gasteiger partial charge in [-0.2, -0.15) is 5.26 Å². The summed E-state index contributed by atoms with van der Waals surface area (Å²) in [6.45, 7) is 6.14. The van der Waals surface area contributed by atoms with Crippen molar-refractivity contribution in [2.45, 2.75) is 19.9 Å². The molecule has 7 nitrogen and oxygen atoms in total. The minimum atomic E-state index is -0.874. The van der Waals surface area contributed by atoms with Crippen molar-refractivity contribution in [1.82, 2.24) is 14.8 Å². The van der Waals surface area contributed by atoms with Crippen LogP contribution in [-0.2, 0) is 0 Å². The van der Waals surface area contributed by atoms with E-state index in [1.54, 1.807) is 30.5 Å². The number of urea groups is 1. The summed E-state index contributed by atoms with van der Waals surface area (Å²) in [6, 6.07) is 16.9. The Morgan fingerprint density at radius 1 is 1.15 bits per heavy atom. The maximum atomic E-state index is 13.1. The zero-order valence-electron chi connectivity index (χ0n) is 19.0. The van der Waals surface area contributed by atoms with Crippen molar-refractivity contribution < 1.29 is 4.79 Å². The molecule has 1 aliphatic heterocycles. The number of benzene rings is 2. The number of hydrogen-bond donors (Lipinski definition) is 2. The Morgan fingerprint density at radius 2 is 1.94 bits per heavy atom. The number of carbonyl (C=O) groups is 1. The topological polar surface area (TPSA) is 84.3 Å². The highest BCUT2D eigenvalue weighted by molar-refractivity contribution is 14.2. The number of nitrogens with one attached hydrogen (secondary N) is 2. The highest BCUT2D eigenvalue weighted by atomic mass is 127. The second kappa shape index (κ2) is 11.1. The number of nitriles is 1. The van der Waals surface area contributed by atoms with Crippen molar-refractivity contribution in [3.63, 3.8) is 0 Å². The number of piperazine rings is 1. The van der Waals surface area contributed by atoms with Crippen molar-refractivity contribution in [3.05, 3.63) is 65.8 Å². The molecule has 0 bridgehead atoms. The Bertz CT molecular complexity index is 1230. The van der Waals surface area contributed by atoms with E-state index < -0.39 is 20.7 Å². The van der Waals surface area contributed by atoms with Crippen LogP contribution in [0.1, 0.15) is 13.8 Å². The van der Waals surface area contributed by atoms with Gasteiger partial charge in [0.2, 0.25) is 0 Å². The summed E-state index contributed by atoms with van der Waals surface area (Å²) in [4.78, 5) is 21.7. The fraction of sp³-hybridized carbons (Fsp3) is 0.280. The monoisotopic (exact) mass is 588 g/mol. The molecule has 2 amide bonds. The van der Waals surface area contributed by atoms with Gasteiger partial charge in [0.15, 0.2) is 0 Å². The van der Waals surface area contributed by atoms with Crippen LogP contribution in [0.4, 0.5) is 16.2 Å². The van der Waals surface area contributed by atoms with Crippen LogP contribution in [0, 0.1) is 15.3 Å². The van der Waals surface area contributed by atoms with Gasteiger partial charge in [-0.15, -0.1) is 0 Å². The van der Waals surface area contributed by atoms with E-state index in [0.717, 1.165) is 20.3 Å². The van der Waals surface area contributed by atoms with Gasteiger partial charge >= 0.3 is 6.03 Å². The summed E-state index contributed by atoms with van der Waals surface area (Å²) < 4.78 is 3.34. The molecule has 3 aromatic rings. The summed E-state index contributed by atoms with van der Waals surface area (Å²) in [7, 11) is 0. The molecule has 2 N–H and O–H groups in total. The number of anilines is 2. The van der Waals surface area contributed by atoms with Gasteiger partial charge in [-0.3, -0.25) is 9.88 Å². The number of halogens is 2. The van der Waals surface area contributed by atoms with Crippen LogP contribution in [0.3, 0.4) is 0 Å². The molecular formula is C25H26ClIN6O. The number of carbonyl (C=O) groups excluding carboxylic acids is 1. The summed E-state index contributed by atoms with van der Waals surface area (Å²) in [5, 5.41) is 17.7. The standard InChI is InChI=1S/C25H26ClIN6O/c1-17(2)23-15-32(13-14-33(23)25(34)30-19-10-8-18(26)9-11-19)24(27-16-28)31-22-7-3-6-21-20(22)5-4-12-29-21/h3-12,17,23,31H,13-15H2,1-2H3,(H,30,34). The molecule has 2 aromatic carbocycles. The molecule has 1 aromatic heterocycles. The van der Waals surface area contributed by atoms with Crippen LogP contribution >= 0.6 is 32.3 Å². The van der Waals surface area contributed by atoms with Gasteiger partial charge in [0.05, 0.1) is 5.52 Å². The first-order valence-electron chi connectivity index (χ1n) is 11.0. The van der Waals surface area contributed by atoms with Gasteiger partial charge in [0.1, 0.15) is 7.83 Å². The van der Waals surface area contributed by atoms with Crippen molar-refractivity contribution in [2.75, 3.05) is 30.3 Å². The second-order valence-corrected chi connectivity index (χ2v) is 10.8. The maximum absolute atomic E-state index is 13.1. The van der Waals surface area contributed by atoms with Crippen molar-refractivity contribution in [2.24, 2.45) is 5.92 Å². The first kappa shape index (κ1) is 24.4. The van der Waals surface area contributed by atoms with E-state index in [2.05, 4.69) is 38.4 Å². The fourth-order valence-electron chi connectivity index (χ4n) is 4.07. The van der Waals surface area contributed by atoms with Crippen LogP contribution in [0.15, 0.2) is 60.8 Å². The third-order valence-electron chi connectivity index (χ3n) is 5.84. The number of pyridine rings is 1. The summed E-state index contributed by atoms with van der Waals surface area (Å²) in [6.07, 6.45) is 1.78. The molecule has 4 rings (SSSR count). The summed E-state index contributed by atoms with van der Waals surface area (Å²) in [5.74, 6) is 0.252. The van der Waals surface area contributed by atoms with Gasteiger partial charge in [0.25, 0.3) is 0 Å². The number of rotatable bonds is 5. The average Bonchev–Trinajstić information content (AvgIpc) is 2.85. The molecule has 0 radical (unpaired) electrons. The molecule has 1 fully saturated rings. The Balaban J connectivity index is 1.52. The van der Waals surface area contributed by atoms with E-state index >= 15 is 0 Å². The molecule has 0 saturated carbocycles.